The monoisotopic (exact) mass is 261 g/mol. The number of nitriles is 1. The van der Waals surface area contributed by atoms with Crippen molar-refractivity contribution in [2.75, 3.05) is 0 Å². The first kappa shape index (κ1) is 14.1. The van der Waals surface area contributed by atoms with E-state index >= 15 is 0 Å². The molecule has 0 amide bonds. The van der Waals surface area contributed by atoms with Crippen molar-refractivity contribution in [3.05, 3.63) is 11.6 Å². The molecule has 1 fully saturated rings. The van der Waals surface area contributed by atoms with E-state index in [1.54, 1.807) is 0 Å². The van der Waals surface area contributed by atoms with Gasteiger partial charge in [-0.2, -0.15) is 5.26 Å². The normalized spacial score (nSPS) is 43.5. The Bertz CT molecular complexity index is 472. The lowest BCUT2D eigenvalue weighted by Crippen LogP contribution is -2.28. The van der Waals surface area contributed by atoms with Crippen LogP contribution in [-0.2, 0) is 4.79 Å². The molecule has 0 unspecified atom stereocenters. The van der Waals surface area contributed by atoms with Gasteiger partial charge in [-0.1, -0.05) is 25.5 Å². The first-order valence-electron chi connectivity index (χ1n) is 7.03. The summed E-state index contributed by atoms with van der Waals surface area (Å²) in [5.74, 6) is -0.763. The fourth-order valence-electron chi connectivity index (χ4n) is 3.79. The first-order valence-corrected chi connectivity index (χ1v) is 7.03. The Balaban J connectivity index is 2.40. The third kappa shape index (κ3) is 2.08. The van der Waals surface area contributed by atoms with Crippen LogP contribution >= 0.6 is 0 Å². The number of hydrogen-bond donors (Lipinski definition) is 1. The van der Waals surface area contributed by atoms with E-state index in [-0.39, 0.29) is 23.2 Å². The molecule has 3 heteroatoms. The molecule has 0 aliphatic heterocycles. The first-order chi connectivity index (χ1) is 8.75. The van der Waals surface area contributed by atoms with Gasteiger partial charge in [-0.3, -0.25) is 4.79 Å². The van der Waals surface area contributed by atoms with Crippen molar-refractivity contribution in [1.29, 1.82) is 5.26 Å². The van der Waals surface area contributed by atoms with Crippen LogP contribution in [0.15, 0.2) is 11.6 Å². The number of carboxylic acids is 1. The topological polar surface area (TPSA) is 61.1 Å². The lowest BCUT2D eigenvalue weighted by atomic mass is 9.72. The van der Waals surface area contributed by atoms with E-state index < -0.39 is 11.4 Å². The third-order valence-electron chi connectivity index (χ3n) is 5.41. The van der Waals surface area contributed by atoms with Crippen molar-refractivity contribution >= 4 is 5.97 Å². The summed E-state index contributed by atoms with van der Waals surface area (Å²) in [6.45, 7) is 8.12. The Morgan fingerprint density at radius 2 is 2.11 bits per heavy atom. The number of nitrogens with zero attached hydrogens (tertiary/aromatic N) is 1. The highest BCUT2D eigenvalue weighted by Gasteiger charge is 2.70. The molecule has 19 heavy (non-hydrogen) atoms. The number of aliphatic carboxylic acids is 1. The smallest absolute Gasteiger partial charge is 0.309 e. The van der Waals surface area contributed by atoms with Crippen LogP contribution in [0.2, 0.25) is 0 Å². The fraction of sp³-hybridized carbons (Fsp3) is 0.750. The van der Waals surface area contributed by atoms with Crippen LogP contribution in [0.3, 0.4) is 0 Å². The van der Waals surface area contributed by atoms with E-state index in [0.29, 0.717) is 0 Å². The number of rotatable bonds is 1. The minimum atomic E-state index is -0.735. The van der Waals surface area contributed by atoms with Crippen molar-refractivity contribution in [2.24, 2.45) is 28.6 Å². The Hall–Kier alpha value is -1.30. The van der Waals surface area contributed by atoms with E-state index in [0.717, 1.165) is 19.3 Å². The summed E-state index contributed by atoms with van der Waals surface area (Å²) in [7, 11) is 0. The van der Waals surface area contributed by atoms with Crippen LogP contribution in [0.5, 0.6) is 0 Å². The Morgan fingerprint density at radius 1 is 1.47 bits per heavy atom. The van der Waals surface area contributed by atoms with Crippen LogP contribution in [0, 0.1) is 39.9 Å². The van der Waals surface area contributed by atoms with Gasteiger partial charge in [0, 0.05) is 0 Å². The largest absolute Gasteiger partial charge is 0.481 e. The van der Waals surface area contributed by atoms with Gasteiger partial charge < -0.3 is 5.11 Å². The van der Waals surface area contributed by atoms with Crippen molar-refractivity contribution in [3.63, 3.8) is 0 Å². The van der Waals surface area contributed by atoms with E-state index in [1.807, 2.05) is 6.92 Å². The van der Waals surface area contributed by atoms with E-state index in [1.165, 1.54) is 5.57 Å². The number of hydrogen-bond acceptors (Lipinski definition) is 2. The van der Waals surface area contributed by atoms with Crippen molar-refractivity contribution in [3.8, 4) is 6.07 Å². The summed E-state index contributed by atoms with van der Waals surface area (Å²) in [6, 6.07) is 2.41. The molecule has 0 bridgehead atoms. The maximum absolute atomic E-state index is 11.6. The maximum Gasteiger partial charge on any atom is 0.309 e. The van der Waals surface area contributed by atoms with E-state index in [4.69, 9.17) is 0 Å². The highest BCUT2D eigenvalue weighted by Crippen LogP contribution is 2.67. The molecular weight excluding hydrogens is 238 g/mol. The van der Waals surface area contributed by atoms with Crippen LogP contribution in [-0.4, -0.2) is 11.1 Å². The molecule has 0 aromatic carbocycles. The predicted octanol–water partition coefficient (Wildman–Crippen LogP) is 3.62. The van der Waals surface area contributed by atoms with Gasteiger partial charge in [0.1, 0.15) is 0 Å². The van der Waals surface area contributed by atoms with Gasteiger partial charge in [-0.15, -0.1) is 0 Å². The van der Waals surface area contributed by atoms with Gasteiger partial charge in [-0.05, 0) is 50.4 Å². The summed E-state index contributed by atoms with van der Waals surface area (Å²) >= 11 is 0. The SMILES string of the molecule is C/C1=C\CC(C)(C)[C@@H](C#N)[C@H]2[C@@H](CC1)[C@@]2(C)C(=O)O. The predicted molar refractivity (Wildman–Crippen MR) is 73.2 cm³/mol. The van der Waals surface area contributed by atoms with Crippen molar-refractivity contribution in [2.45, 2.75) is 47.0 Å². The fourth-order valence-corrected chi connectivity index (χ4v) is 3.79. The quantitative estimate of drug-likeness (QED) is 0.733. The van der Waals surface area contributed by atoms with E-state index in [2.05, 4.69) is 32.9 Å². The maximum atomic E-state index is 11.6. The molecule has 2 aliphatic carbocycles. The Kier molecular flexibility index (Phi) is 3.24. The molecule has 0 saturated heterocycles. The summed E-state index contributed by atoms with van der Waals surface area (Å²) in [4.78, 5) is 11.6. The summed E-state index contributed by atoms with van der Waals surface area (Å²) < 4.78 is 0. The lowest BCUT2D eigenvalue weighted by molar-refractivity contribution is -0.144. The summed E-state index contributed by atoms with van der Waals surface area (Å²) in [6.07, 6.45) is 4.94. The highest BCUT2D eigenvalue weighted by molar-refractivity contribution is 5.79. The molecule has 1 saturated carbocycles. The zero-order valence-electron chi connectivity index (χ0n) is 12.2. The second-order valence-corrected chi connectivity index (χ2v) is 7.11. The summed E-state index contributed by atoms with van der Waals surface area (Å²) in [5, 5.41) is 19.1. The lowest BCUT2D eigenvalue weighted by Gasteiger charge is -2.30. The van der Waals surface area contributed by atoms with Gasteiger partial charge in [0.25, 0.3) is 0 Å². The minimum Gasteiger partial charge on any atom is -0.481 e. The second kappa shape index (κ2) is 4.37. The second-order valence-electron chi connectivity index (χ2n) is 7.11. The van der Waals surface area contributed by atoms with Gasteiger partial charge in [0.2, 0.25) is 0 Å². The molecule has 1 N–H and O–H groups in total. The molecule has 0 radical (unpaired) electrons. The Morgan fingerprint density at radius 3 is 2.63 bits per heavy atom. The van der Waals surface area contributed by atoms with Gasteiger partial charge in [0.05, 0.1) is 17.4 Å². The van der Waals surface area contributed by atoms with Gasteiger partial charge in [-0.25, -0.2) is 0 Å². The zero-order valence-corrected chi connectivity index (χ0v) is 12.2. The number of fused-ring (bicyclic) bond motifs is 1. The molecule has 0 spiro atoms. The zero-order chi connectivity index (χ0) is 14.4. The highest BCUT2D eigenvalue weighted by atomic mass is 16.4. The van der Waals surface area contributed by atoms with Crippen LogP contribution in [0.1, 0.15) is 47.0 Å². The number of carbonyl (C=O) groups is 1. The molecule has 3 nitrogen and oxygen atoms in total. The third-order valence-corrected chi connectivity index (χ3v) is 5.41. The molecule has 2 aliphatic rings. The average Bonchev–Trinajstić information content (AvgIpc) is 2.90. The molecule has 0 aromatic rings. The number of allylic oxidation sites excluding steroid dienone is 2. The molecule has 0 aromatic heterocycles. The van der Waals surface area contributed by atoms with E-state index in [9.17, 15) is 15.2 Å². The molecule has 0 heterocycles. The standard InChI is InChI=1S/C16H23NO2/c1-10-5-6-11-13(16(11,4)14(18)19)12(9-17)15(2,3)8-7-10/h7,11-13H,5-6,8H2,1-4H3,(H,18,19)/b10-7+/t11-,12+,13-,16-/m1/s1. The molecule has 104 valence electrons. The molecule has 4 atom stereocenters. The van der Waals surface area contributed by atoms with Crippen LogP contribution in [0.4, 0.5) is 0 Å². The summed E-state index contributed by atoms with van der Waals surface area (Å²) in [5.41, 5.74) is 0.469. The molecule has 2 rings (SSSR count). The average molecular weight is 261 g/mol. The number of carboxylic acid groups (broad SMARTS) is 1. The van der Waals surface area contributed by atoms with Crippen molar-refractivity contribution < 1.29 is 9.90 Å². The van der Waals surface area contributed by atoms with Gasteiger partial charge >= 0.3 is 5.97 Å². The van der Waals surface area contributed by atoms with Crippen LogP contribution in [0.25, 0.3) is 0 Å². The molecular formula is C16H23NO2. The van der Waals surface area contributed by atoms with Crippen LogP contribution < -0.4 is 0 Å². The van der Waals surface area contributed by atoms with Gasteiger partial charge in [0.15, 0.2) is 0 Å². The van der Waals surface area contributed by atoms with Crippen molar-refractivity contribution in [1.82, 2.24) is 0 Å². The minimum absolute atomic E-state index is 0.00398. The Labute approximate surface area is 115 Å².